The summed E-state index contributed by atoms with van der Waals surface area (Å²) in [6.45, 7) is 1.82. The van der Waals surface area contributed by atoms with Gasteiger partial charge in [0.2, 0.25) is 0 Å². The Bertz CT molecular complexity index is 648. The fraction of sp³-hybridized carbons (Fsp3) is 0.650. The van der Waals surface area contributed by atoms with Gasteiger partial charge in [-0.1, -0.05) is 25.7 Å². The van der Waals surface area contributed by atoms with E-state index in [1.807, 2.05) is 11.9 Å². The molecule has 1 saturated heterocycles. The molecule has 1 aliphatic heterocycles. The van der Waals surface area contributed by atoms with E-state index in [1.54, 1.807) is 6.07 Å². The molecule has 6 nitrogen and oxygen atoms in total. The number of amides is 1. The van der Waals surface area contributed by atoms with Crippen LogP contribution in [0.5, 0.6) is 0 Å². The highest BCUT2D eigenvalue weighted by Crippen LogP contribution is 2.30. The molecule has 0 spiro atoms. The van der Waals surface area contributed by atoms with Crippen LogP contribution in [0.3, 0.4) is 0 Å². The maximum atomic E-state index is 13.3. The van der Waals surface area contributed by atoms with Crippen molar-refractivity contribution in [2.24, 2.45) is 0 Å². The molecule has 1 aromatic carbocycles. The van der Waals surface area contributed by atoms with E-state index in [1.165, 1.54) is 31.4 Å². The Hall–Kier alpha value is -2.11. The monoisotopic (exact) mass is 359 g/mol. The molecule has 2 fully saturated rings. The van der Waals surface area contributed by atoms with Crippen LogP contribution < -0.4 is 4.90 Å². The summed E-state index contributed by atoms with van der Waals surface area (Å²) in [6.07, 6.45) is 10.2. The van der Waals surface area contributed by atoms with Gasteiger partial charge in [-0.3, -0.25) is 14.9 Å². The molecule has 2 aliphatic rings. The van der Waals surface area contributed by atoms with E-state index >= 15 is 0 Å². The third-order valence-corrected chi connectivity index (χ3v) is 5.81. The molecule has 6 heteroatoms. The van der Waals surface area contributed by atoms with E-state index < -0.39 is 4.92 Å². The Balaban J connectivity index is 1.90. The average Bonchev–Trinajstić information content (AvgIpc) is 2.96. The number of piperidine rings is 1. The highest BCUT2D eigenvalue weighted by molar-refractivity contribution is 6.00. The van der Waals surface area contributed by atoms with Crippen LogP contribution in [0.2, 0.25) is 0 Å². The molecule has 0 aromatic heterocycles. The number of carbonyl (C=O) groups is 1. The van der Waals surface area contributed by atoms with Gasteiger partial charge in [-0.05, 0) is 38.2 Å². The van der Waals surface area contributed by atoms with E-state index in [4.69, 9.17) is 0 Å². The third kappa shape index (κ3) is 4.17. The maximum Gasteiger partial charge on any atom is 0.270 e. The number of hydrogen-bond acceptors (Lipinski definition) is 4. The van der Waals surface area contributed by atoms with Crippen molar-refractivity contribution in [3.63, 3.8) is 0 Å². The molecule has 0 atom stereocenters. The SMILES string of the molecule is CN(C(=O)c1cc([N+](=O)[O-])ccc1N1CCCCC1)C1CCCCCC1. The van der Waals surface area contributed by atoms with E-state index in [9.17, 15) is 14.9 Å². The van der Waals surface area contributed by atoms with Gasteiger partial charge < -0.3 is 9.80 Å². The molecular formula is C20H29N3O3. The molecule has 26 heavy (non-hydrogen) atoms. The minimum atomic E-state index is -0.414. The first kappa shape index (κ1) is 18.7. The van der Waals surface area contributed by atoms with Crippen molar-refractivity contribution in [3.8, 4) is 0 Å². The molecule has 0 N–H and O–H groups in total. The normalized spacial score (nSPS) is 19.0. The zero-order valence-electron chi connectivity index (χ0n) is 15.7. The predicted molar refractivity (Wildman–Crippen MR) is 103 cm³/mol. The van der Waals surface area contributed by atoms with Gasteiger partial charge in [0.25, 0.3) is 11.6 Å². The number of nitrogens with zero attached hydrogens (tertiary/aromatic N) is 3. The third-order valence-electron chi connectivity index (χ3n) is 5.81. The van der Waals surface area contributed by atoms with E-state index in [2.05, 4.69) is 4.90 Å². The zero-order chi connectivity index (χ0) is 18.5. The predicted octanol–water partition coefficient (Wildman–Crippen LogP) is 4.38. The number of anilines is 1. The summed E-state index contributed by atoms with van der Waals surface area (Å²) >= 11 is 0. The van der Waals surface area contributed by atoms with E-state index in [0.717, 1.165) is 57.3 Å². The second kappa shape index (κ2) is 8.52. The molecule has 1 saturated carbocycles. The molecule has 3 rings (SSSR count). The summed E-state index contributed by atoms with van der Waals surface area (Å²) in [5.41, 5.74) is 1.32. The van der Waals surface area contributed by atoms with Crippen molar-refractivity contribution in [2.45, 2.75) is 63.8 Å². The largest absolute Gasteiger partial charge is 0.371 e. The quantitative estimate of drug-likeness (QED) is 0.454. The number of rotatable bonds is 4. The van der Waals surface area contributed by atoms with Crippen molar-refractivity contribution < 1.29 is 9.72 Å². The van der Waals surface area contributed by atoms with Gasteiger partial charge in [0.1, 0.15) is 0 Å². The minimum absolute atomic E-state index is 0.0108. The molecule has 1 aliphatic carbocycles. The van der Waals surface area contributed by atoms with Crippen LogP contribution in [0, 0.1) is 10.1 Å². The maximum absolute atomic E-state index is 13.3. The molecule has 1 amide bonds. The van der Waals surface area contributed by atoms with Crippen LogP contribution in [0.25, 0.3) is 0 Å². The van der Waals surface area contributed by atoms with Gasteiger partial charge in [-0.2, -0.15) is 0 Å². The van der Waals surface area contributed by atoms with Gasteiger partial charge in [-0.25, -0.2) is 0 Å². The lowest BCUT2D eigenvalue weighted by molar-refractivity contribution is -0.384. The highest BCUT2D eigenvalue weighted by atomic mass is 16.6. The van der Waals surface area contributed by atoms with E-state index in [-0.39, 0.29) is 17.6 Å². The summed E-state index contributed by atoms with van der Waals surface area (Å²) in [7, 11) is 1.86. The van der Waals surface area contributed by atoms with Gasteiger partial charge >= 0.3 is 0 Å². The van der Waals surface area contributed by atoms with Crippen LogP contribution >= 0.6 is 0 Å². The van der Waals surface area contributed by atoms with E-state index in [0.29, 0.717) is 5.56 Å². The number of benzene rings is 1. The molecular weight excluding hydrogens is 330 g/mol. The Morgan fingerprint density at radius 2 is 1.69 bits per heavy atom. The van der Waals surface area contributed by atoms with Crippen LogP contribution in [0.15, 0.2) is 18.2 Å². The van der Waals surface area contributed by atoms with Crippen molar-refractivity contribution in [2.75, 3.05) is 25.0 Å². The Labute approximate surface area is 155 Å². The fourth-order valence-corrected chi connectivity index (χ4v) is 4.22. The van der Waals surface area contributed by atoms with Crippen molar-refractivity contribution in [1.29, 1.82) is 0 Å². The number of nitro groups is 1. The number of hydrogen-bond donors (Lipinski definition) is 0. The van der Waals surface area contributed by atoms with Crippen molar-refractivity contribution in [3.05, 3.63) is 33.9 Å². The van der Waals surface area contributed by atoms with Crippen LogP contribution in [0.1, 0.15) is 68.1 Å². The molecule has 142 valence electrons. The number of non-ortho nitro benzene ring substituents is 1. The summed E-state index contributed by atoms with van der Waals surface area (Å²) in [4.78, 5) is 28.1. The summed E-state index contributed by atoms with van der Waals surface area (Å²) < 4.78 is 0. The van der Waals surface area contributed by atoms with Crippen molar-refractivity contribution in [1.82, 2.24) is 4.90 Å². The topological polar surface area (TPSA) is 66.7 Å². The number of nitro benzene ring substituents is 1. The highest BCUT2D eigenvalue weighted by Gasteiger charge is 2.27. The summed E-state index contributed by atoms with van der Waals surface area (Å²) in [5, 5.41) is 11.2. The van der Waals surface area contributed by atoms with Crippen molar-refractivity contribution >= 4 is 17.3 Å². The van der Waals surface area contributed by atoms with Gasteiger partial charge in [0.15, 0.2) is 0 Å². The number of carbonyl (C=O) groups excluding carboxylic acids is 1. The molecule has 0 radical (unpaired) electrons. The molecule has 1 aromatic rings. The summed E-state index contributed by atoms with van der Waals surface area (Å²) in [5.74, 6) is -0.0822. The van der Waals surface area contributed by atoms with Gasteiger partial charge in [-0.15, -0.1) is 0 Å². The first-order valence-electron chi connectivity index (χ1n) is 9.88. The fourth-order valence-electron chi connectivity index (χ4n) is 4.22. The molecule has 1 heterocycles. The Morgan fingerprint density at radius 1 is 1.08 bits per heavy atom. The first-order valence-corrected chi connectivity index (χ1v) is 9.88. The second-order valence-corrected chi connectivity index (χ2v) is 7.57. The van der Waals surface area contributed by atoms with Crippen LogP contribution in [-0.2, 0) is 0 Å². The molecule has 0 bridgehead atoms. The average molecular weight is 359 g/mol. The van der Waals surface area contributed by atoms with Gasteiger partial charge in [0.05, 0.1) is 16.2 Å². The Morgan fingerprint density at radius 3 is 2.31 bits per heavy atom. The smallest absolute Gasteiger partial charge is 0.270 e. The lowest BCUT2D eigenvalue weighted by Crippen LogP contribution is -2.38. The standard InChI is InChI=1S/C20H29N3O3/c1-21(16-9-5-2-3-6-10-16)20(24)18-15-17(23(25)26)11-12-19(18)22-13-7-4-8-14-22/h11-12,15-16H,2-10,13-14H2,1H3. The van der Waals surface area contributed by atoms with Crippen LogP contribution in [0.4, 0.5) is 11.4 Å². The summed E-state index contributed by atoms with van der Waals surface area (Å²) in [6, 6.07) is 4.99. The lowest BCUT2D eigenvalue weighted by Gasteiger charge is -2.32. The van der Waals surface area contributed by atoms with Gasteiger partial charge in [0, 0.05) is 38.3 Å². The molecule has 0 unspecified atom stereocenters. The zero-order valence-corrected chi connectivity index (χ0v) is 15.7. The lowest BCUT2D eigenvalue weighted by atomic mass is 10.0. The first-order chi connectivity index (χ1) is 12.6. The minimum Gasteiger partial charge on any atom is -0.371 e. The Kier molecular flexibility index (Phi) is 6.12. The van der Waals surface area contributed by atoms with Crippen LogP contribution in [-0.4, -0.2) is 41.9 Å². The second-order valence-electron chi connectivity index (χ2n) is 7.57.